The lowest BCUT2D eigenvalue weighted by Crippen LogP contribution is -2.33. The normalized spacial score (nSPS) is 9.91. The summed E-state index contributed by atoms with van der Waals surface area (Å²) < 4.78 is 0. The minimum atomic E-state index is -0.131. The van der Waals surface area contributed by atoms with Crippen LogP contribution in [0.2, 0.25) is 0 Å². The highest BCUT2D eigenvalue weighted by atomic mass is 32.1. The van der Waals surface area contributed by atoms with E-state index in [-0.39, 0.29) is 16.9 Å². The van der Waals surface area contributed by atoms with Crippen LogP contribution >= 0.6 is 12.2 Å². The molecule has 0 saturated carbocycles. The number of carbonyl (C=O) groups is 2. The number of nitrogens with one attached hydrogen (secondary N) is 3. The van der Waals surface area contributed by atoms with E-state index in [0.717, 1.165) is 30.6 Å². The van der Waals surface area contributed by atoms with Crippen molar-refractivity contribution >= 4 is 40.5 Å². The highest BCUT2D eigenvalue weighted by Crippen LogP contribution is 2.14. The van der Waals surface area contributed by atoms with Gasteiger partial charge in [0, 0.05) is 24.2 Å². The van der Waals surface area contributed by atoms with Crippen molar-refractivity contribution in [3.05, 3.63) is 24.3 Å². The minimum absolute atomic E-state index is 0.0277. The fraction of sp³-hybridized carbons (Fsp3) is 0.438. The monoisotopic (exact) mass is 321 g/mol. The minimum Gasteiger partial charge on any atom is -0.332 e. The summed E-state index contributed by atoms with van der Waals surface area (Å²) in [5.74, 6) is -0.103. The molecule has 0 aliphatic heterocycles. The Bertz CT molecular complexity index is 515. The van der Waals surface area contributed by atoms with Crippen LogP contribution < -0.4 is 16.0 Å². The first-order valence-corrected chi connectivity index (χ1v) is 7.96. The third-order valence-corrected chi connectivity index (χ3v) is 3.21. The molecule has 22 heavy (non-hydrogen) atoms. The number of carbonyl (C=O) groups excluding carboxylic acids is 2. The highest BCUT2D eigenvalue weighted by Gasteiger charge is 2.04. The van der Waals surface area contributed by atoms with Crippen LogP contribution in [0.3, 0.4) is 0 Å². The van der Waals surface area contributed by atoms with Crippen LogP contribution in [0, 0.1) is 0 Å². The summed E-state index contributed by atoms with van der Waals surface area (Å²) in [6.07, 6.45) is 4.00. The maximum atomic E-state index is 11.7. The van der Waals surface area contributed by atoms with Crippen molar-refractivity contribution in [2.75, 3.05) is 10.6 Å². The van der Waals surface area contributed by atoms with E-state index in [9.17, 15) is 9.59 Å². The van der Waals surface area contributed by atoms with Gasteiger partial charge in [0.15, 0.2) is 5.11 Å². The summed E-state index contributed by atoms with van der Waals surface area (Å²) in [7, 11) is 0. The molecule has 5 nitrogen and oxygen atoms in total. The standard InChI is InChI=1S/C16H23N3O2S/c1-3-5-6-7-15(21)17-12-8-10-13(11-9-12)18-16(22)19-14(20)4-2/h8-11H,3-7H2,1-2H3,(H,17,21)(H2,18,19,20,22). The molecule has 0 bridgehead atoms. The van der Waals surface area contributed by atoms with E-state index >= 15 is 0 Å². The number of thiocarbonyl (C=S) groups is 1. The Morgan fingerprint density at radius 1 is 0.955 bits per heavy atom. The van der Waals surface area contributed by atoms with Gasteiger partial charge in [0.1, 0.15) is 0 Å². The summed E-state index contributed by atoms with van der Waals surface area (Å²) >= 11 is 5.03. The van der Waals surface area contributed by atoms with Crippen LogP contribution in [-0.4, -0.2) is 16.9 Å². The SMILES string of the molecule is CCCCCC(=O)Nc1ccc(NC(=S)NC(=O)CC)cc1. The number of hydrogen-bond donors (Lipinski definition) is 3. The van der Waals surface area contributed by atoms with Crippen LogP contribution in [-0.2, 0) is 9.59 Å². The number of anilines is 2. The van der Waals surface area contributed by atoms with Gasteiger partial charge in [0.2, 0.25) is 11.8 Å². The van der Waals surface area contributed by atoms with Crippen LogP contribution in [0.15, 0.2) is 24.3 Å². The largest absolute Gasteiger partial charge is 0.332 e. The van der Waals surface area contributed by atoms with E-state index in [1.807, 2.05) is 0 Å². The van der Waals surface area contributed by atoms with Crippen molar-refractivity contribution in [2.24, 2.45) is 0 Å². The molecule has 0 heterocycles. The van der Waals surface area contributed by atoms with Gasteiger partial charge in [0.25, 0.3) is 0 Å². The van der Waals surface area contributed by atoms with E-state index in [0.29, 0.717) is 12.8 Å². The molecule has 6 heteroatoms. The molecule has 1 aromatic carbocycles. The summed E-state index contributed by atoms with van der Waals surface area (Å²) in [4.78, 5) is 22.9. The quantitative estimate of drug-likeness (QED) is 0.531. The number of hydrogen-bond acceptors (Lipinski definition) is 3. The molecule has 0 fully saturated rings. The highest BCUT2D eigenvalue weighted by molar-refractivity contribution is 7.80. The van der Waals surface area contributed by atoms with Gasteiger partial charge in [0.05, 0.1) is 0 Å². The van der Waals surface area contributed by atoms with Crippen molar-refractivity contribution in [1.29, 1.82) is 0 Å². The molecule has 0 atom stereocenters. The van der Waals surface area contributed by atoms with Gasteiger partial charge in [-0.2, -0.15) is 0 Å². The van der Waals surface area contributed by atoms with Gasteiger partial charge in [-0.1, -0.05) is 26.7 Å². The molecule has 0 saturated heterocycles. The van der Waals surface area contributed by atoms with Crippen LogP contribution in [0.25, 0.3) is 0 Å². The van der Waals surface area contributed by atoms with E-state index in [1.54, 1.807) is 31.2 Å². The maximum Gasteiger partial charge on any atom is 0.225 e. The van der Waals surface area contributed by atoms with Gasteiger partial charge in [-0.05, 0) is 42.9 Å². The molecule has 2 amide bonds. The lowest BCUT2D eigenvalue weighted by atomic mass is 10.2. The molecular weight excluding hydrogens is 298 g/mol. The molecule has 3 N–H and O–H groups in total. The Morgan fingerprint density at radius 3 is 2.09 bits per heavy atom. The Hall–Kier alpha value is -1.95. The van der Waals surface area contributed by atoms with E-state index < -0.39 is 0 Å². The zero-order valence-electron chi connectivity index (χ0n) is 13.1. The Balaban J connectivity index is 2.44. The Labute approximate surface area is 136 Å². The zero-order valence-corrected chi connectivity index (χ0v) is 13.9. The van der Waals surface area contributed by atoms with E-state index in [2.05, 4.69) is 22.9 Å². The lowest BCUT2D eigenvalue weighted by Gasteiger charge is -2.10. The molecule has 0 aliphatic carbocycles. The Kier molecular flexibility index (Phi) is 8.14. The average Bonchev–Trinajstić information content (AvgIpc) is 2.49. The predicted molar refractivity (Wildman–Crippen MR) is 93.9 cm³/mol. The van der Waals surface area contributed by atoms with Crippen molar-refractivity contribution in [2.45, 2.75) is 46.0 Å². The van der Waals surface area contributed by atoms with Crippen LogP contribution in [0.4, 0.5) is 11.4 Å². The maximum absolute atomic E-state index is 11.7. The number of unbranched alkanes of at least 4 members (excludes halogenated alkanes) is 2. The molecular formula is C16H23N3O2S. The topological polar surface area (TPSA) is 70.2 Å². The fourth-order valence-corrected chi connectivity index (χ4v) is 2.00. The van der Waals surface area contributed by atoms with Crippen LogP contribution in [0.5, 0.6) is 0 Å². The summed E-state index contributed by atoms with van der Waals surface area (Å²) in [5.41, 5.74) is 1.50. The van der Waals surface area contributed by atoms with Crippen LogP contribution in [0.1, 0.15) is 46.0 Å². The molecule has 0 aliphatic rings. The van der Waals surface area contributed by atoms with Crippen molar-refractivity contribution in [1.82, 2.24) is 5.32 Å². The Morgan fingerprint density at radius 2 is 1.55 bits per heavy atom. The third-order valence-electron chi connectivity index (χ3n) is 3.01. The van der Waals surface area contributed by atoms with Crippen molar-refractivity contribution in [3.8, 4) is 0 Å². The summed E-state index contributed by atoms with van der Waals surface area (Å²) in [6, 6.07) is 7.19. The van der Waals surface area contributed by atoms with Gasteiger partial charge in [-0.25, -0.2) is 0 Å². The number of rotatable bonds is 7. The van der Waals surface area contributed by atoms with Gasteiger partial charge in [-0.15, -0.1) is 0 Å². The smallest absolute Gasteiger partial charge is 0.225 e. The summed E-state index contributed by atoms with van der Waals surface area (Å²) in [6.45, 7) is 3.87. The first kappa shape index (κ1) is 18.1. The molecule has 0 radical (unpaired) electrons. The van der Waals surface area contributed by atoms with Crippen molar-refractivity contribution in [3.63, 3.8) is 0 Å². The molecule has 1 rings (SSSR count). The number of amides is 2. The first-order valence-electron chi connectivity index (χ1n) is 7.56. The van der Waals surface area contributed by atoms with Gasteiger partial charge < -0.3 is 16.0 Å². The predicted octanol–water partition coefficient (Wildman–Crippen LogP) is 3.43. The first-order chi connectivity index (χ1) is 10.5. The molecule has 120 valence electrons. The molecule has 0 spiro atoms. The van der Waals surface area contributed by atoms with E-state index in [4.69, 9.17) is 12.2 Å². The van der Waals surface area contributed by atoms with Gasteiger partial charge in [-0.3, -0.25) is 9.59 Å². The molecule has 0 unspecified atom stereocenters. The number of benzene rings is 1. The third kappa shape index (κ3) is 7.17. The molecule has 0 aromatic heterocycles. The van der Waals surface area contributed by atoms with Gasteiger partial charge >= 0.3 is 0 Å². The summed E-state index contributed by atoms with van der Waals surface area (Å²) in [5, 5.41) is 8.60. The second-order valence-electron chi connectivity index (χ2n) is 4.94. The fourth-order valence-electron chi connectivity index (χ4n) is 1.77. The zero-order chi connectivity index (χ0) is 16.4. The second-order valence-corrected chi connectivity index (χ2v) is 5.35. The van der Waals surface area contributed by atoms with E-state index in [1.165, 1.54) is 0 Å². The van der Waals surface area contributed by atoms with Crippen molar-refractivity contribution < 1.29 is 9.59 Å². The molecule has 1 aromatic rings. The second kappa shape index (κ2) is 9.89. The lowest BCUT2D eigenvalue weighted by molar-refractivity contribution is -0.119. The average molecular weight is 321 g/mol.